The van der Waals surface area contributed by atoms with Crippen LogP contribution in [-0.4, -0.2) is 25.4 Å². The van der Waals surface area contributed by atoms with Gasteiger partial charge in [0.1, 0.15) is 6.61 Å². The number of hydrogen-bond donors (Lipinski definition) is 2. The average Bonchev–Trinajstić information content (AvgIpc) is 2.66. The number of methoxy groups -OCH3 is 1. The Morgan fingerprint density at radius 3 is 2.50 bits per heavy atom. The number of benzene rings is 2. The van der Waals surface area contributed by atoms with Gasteiger partial charge in [0.05, 0.1) is 21.6 Å². The Morgan fingerprint density at radius 1 is 1.04 bits per heavy atom. The van der Waals surface area contributed by atoms with E-state index in [9.17, 15) is 0 Å². The predicted octanol–water partition coefficient (Wildman–Crippen LogP) is 6.02. The molecule has 2 N–H and O–H groups in total. The second-order valence-corrected chi connectivity index (χ2v) is 7.78. The van der Waals surface area contributed by atoms with Crippen LogP contribution in [0.2, 0.25) is 10.0 Å². The minimum atomic E-state index is 0. The van der Waals surface area contributed by atoms with Crippen molar-refractivity contribution < 1.29 is 14.6 Å². The molecule has 8 heteroatoms. The molecule has 0 bridgehead atoms. The van der Waals surface area contributed by atoms with E-state index in [1.807, 2.05) is 18.2 Å². The van der Waals surface area contributed by atoms with Crippen LogP contribution in [0.15, 0.2) is 34.8 Å². The molecule has 0 heterocycles. The van der Waals surface area contributed by atoms with Gasteiger partial charge in [-0.05, 0) is 77.1 Å². The highest BCUT2D eigenvalue weighted by Gasteiger charge is 2.12. The number of aliphatic hydroxyl groups is 1. The van der Waals surface area contributed by atoms with Gasteiger partial charge in [-0.1, -0.05) is 29.3 Å². The summed E-state index contributed by atoms with van der Waals surface area (Å²) in [4.78, 5) is 0. The zero-order valence-electron chi connectivity index (χ0n) is 15.6. The molecule has 0 saturated heterocycles. The number of rotatable bonds is 11. The number of nitrogens with one attached hydrogen (secondary N) is 1. The third-order valence-electron chi connectivity index (χ3n) is 4.00. The van der Waals surface area contributed by atoms with Crippen molar-refractivity contribution in [2.45, 2.75) is 32.4 Å². The summed E-state index contributed by atoms with van der Waals surface area (Å²) in [6, 6.07) is 9.41. The van der Waals surface area contributed by atoms with Crippen molar-refractivity contribution >= 4 is 51.5 Å². The molecule has 0 aromatic heterocycles. The van der Waals surface area contributed by atoms with Crippen molar-refractivity contribution in [3.8, 4) is 11.5 Å². The Labute approximate surface area is 191 Å². The maximum atomic E-state index is 8.79. The van der Waals surface area contributed by atoms with Crippen LogP contribution < -0.4 is 14.8 Å². The van der Waals surface area contributed by atoms with Gasteiger partial charge in [-0.25, -0.2) is 0 Å². The Morgan fingerprint density at radius 2 is 1.82 bits per heavy atom. The molecular formula is C20H25BrCl3NO3. The van der Waals surface area contributed by atoms with Crippen LogP contribution in [0.3, 0.4) is 0 Å². The van der Waals surface area contributed by atoms with Gasteiger partial charge >= 0.3 is 0 Å². The van der Waals surface area contributed by atoms with Crippen molar-refractivity contribution in [1.29, 1.82) is 0 Å². The molecule has 2 aromatic rings. The molecule has 0 saturated carbocycles. The second-order valence-electron chi connectivity index (χ2n) is 6.11. The highest BCUT2D eigenvalue weighted by molar-refractivity contribution is 9.10. The number of hydrogen-bond acceptors (Lipinski definition) is 4. The molecule has 156 valence electrons. The minimum Gasteiger partial charge on any atom is -0.493 e. The van der Waals surface area contributed by atoms with Gasteiger partial charge < -0.3 is 19.9 Å². The van der Waals surface area contributed by atoms with Gasteiger partial charge in [0.2, 0.25) is 0 Å². The molecule has 0 aliphatic heterocycles. The largest absolute Gasteiger partial charge is 0.493 e. The summed E-state index contributed by atoms with van der Waals surface area (Å²) in [5.41, 5.74) is 2.02. The van der Waals surface area contributed by atoms with Crippen LogP contribution in [0.5, 0.6) is 11.5 Å². The van der Waals surface area contributed by atoms with Crippen LogP contribution in [0.4, 0.5) is 0 Å². The number of halogens is 4. The normalized spacial score (nSPS) is 10.5. The van der Waals surface area contributed by atoms with Crippen LogP contribution in [0, 0.1) is 0 Å². The van der Waals surface area contributed by atoms with Crippen molar-refractivity contribution in [2.75, 3.05) is 20.3 Å². The average molecular weight is 514 g/mol. The number of ether oxygens (including phenoxy) is 2. The van der Waals surface area contributed by atoms with E-state index in [1.54, 1.807) is 19.2 Å². The first-order valence-electron chi connectivity index (χ1n) is 8.80. The zero-order chi connectivity index (χ0) is 19.6. The topological polar surface area (TPSA) is 50.7 Å². The molecule has 2 rings (SSSR count). The zero-order valence-corrected chi connectivity index (χ0v) is 19.6. The molecule has 0 fully saturated rings. The lowest BCUT2D eigenvalue weighted by atomic mass is 10.2. The molecule has 0 spiro atoms. The highest BCUT2D eigenvalue weighted by atomic mass is 79.9. The summed E-state index contributed by atoms with van der Waals surface area (Å²) in [5.74, 6) is 1.32. The van der Waals surface area contributed by atoms with Crippen LogP contribution in [0.1, 0.15) is 30.4 Å². The van der Waals surface area contributed by atoms with E-state index in [4.69, 9.17) is 37.8 Å². The molecule has 28 heavy (non-hydrogen) atoms. The summed E-state index contributed by atoms with van der Waals surface area (Å²) < 4.78 is 12.3. The number of aliphatic hydroxyl groups excluding tert-OH is 1. The molecule has 0 radical (unpaired) electrons. The Balaban J connectivity index is 0.00000392. The lowest BCUT2D eigenvalue weighted by Gasteiger charge is -2.15. The molecule has 0 amide bonds. The first-order valence-corrected chi connectivity index (χ1v) is 10.3. The third-order valence-corrected chi connectivity index (χ3v) is 5.33. The van der Waals surface area contributed by atoms with Crippen LogP contribution in [-0.2, 0) is 13.2 Å². The summed E-state index contributed by atoms with van der Waals surface area (Å²) in [7, 11) is 1.62. The fraction of sp³-hybridized carbons (Fsp3) is 0.400. The highest BCUT2D eigenvalue weighted by Crippen LogP contribution is 2.37. The summed E-state index contributed by atoms with van der Waals surface area (Å²) in [5, 5.41) is 13.2. The van der Waals surface area contributed by atoms with E-state index in [0.29, 0.717) is 28.2 Å². The van der Waals surface area contributed by atoms with E-state index in [1.165, 1.54) is 0 Å². The summed E-state index contributed by atoms with van der Waals surface area (Å²) >= 11 is 15.6. The SMILES string of the molecule is COc1cc(CNCCCCCO)cc(Br)c1OCc1ccc(Cl)c(Cl)c1.Cl. The van der Waals surface area contributed by atoms with Crippen LogP contribution in [0.25, 0.3) is 0 Å². The van der Waals surface area contributed by atoms with E-state index < -0.39 is 0 Å². The van der Waals surface area contributed by atoms with Crippen molar-refractivity contribution in [1.82, 2.24) is 5.32 Å². The Hall–Kier alpha value is -0.690. The van der Waals surface area contributed by atoms with Gasteiger partial charge in [0.15, 0.2) is 11.5 Å². The fourth-order valence-corrected chi connectivity index (χ4v) is 3.50. The van der Waals surface area contributed by atoms with E-state index in [2.05, 4.69) is 21.2 Å². The molecule has 0 aliphatic carbocycles. The maximum Gasteiger partial charge on any atom is 0.175 e. The Kier molecular flexibility index (Phi) is 12.2. The minimum absolute atomic E-state index is 0. The van der Waals surface area contributed by atoms with Crippen molar-refractivity contribution in [2.24, 2.45) is 0 Å². The van der Waals surface area contributed by atoms with Crippen LogP contribution >= 0.6 is 51.5 Å². The predicted molar refractivity (Wildman–Crippen MR) is 121 cm³/mol. The van der Waals surface area contributed by atoms with E-state index >= 15 is 0 Å². The number of unbranched alkanes of at least 4 members (excludes halogenated alkanes) is 2. The van der Waals surface area contributed by atoms with E-state index in [0.717, 1.165) is 48.0 Å². The summed E-state index contributed by atoms with van der Waals surface area (Å²) in [6.07, 6.45) is 2.92. The van der Waals surface area contributed by atoms with Gasteiger partial charge in [-0.3, -0.25) is 0 Å². The molecule has 4 nitrogen and oxygen atoms in total. The standard InChI is InChI=1S/C20H24BrCl2NO3.ClH/c1-26-19-11-15(12-24-7-3-2-4-8-25)9-16(21)20(19)27-13-14-5-6-17(22)18(23)10-14;/h5-6,9-11,24-25H,2-4,7-8,12-13H2,1H3;1H. The molecule has 0 atom stereocenters. The quantitative estimate of drug-likeness (QED) is 0.361. The smallest absolute Gasteiger partial charge is 0.175 e. The molecule has 0 aliphatic rings. The van der Waals surface area contributed by atoms with Gasteiger partial charge in [0, 0.05) is 13.2 Å². The third kappa shape index (κ3) is 7.97. The van der Waals surface area contributed by atoms with E-state index in [-0.39, 0.29) is 19.0 Å². The van der Waals surface area contributed by atoms with Crippen molar-refractivity contribution in [3.63, 3.8) is 0 Å². The lowest BCUT2D eigenvalue weighted by Crippen LogP contribution is -2.15. The first-order chi connectivity index (χ1) is 13.0. The lowest BCUT2D eigenvalue weighted by molar-refractivity contribution is 0.282. The molecular weight excluding hydrogens is 488 g/mol. The molecule has 2 aromatic carbocycles. The second kappa shape index (κ2) is 13.5. The first kappa shape index (κ1) is 25.3. The molecule has 0 unspecified atom stereocenters. The summed E-state index contributed by atoms with van der Waals surface area (Å²) in [6.45, 7) is 2.26. The maximum absolute atomic E-state index is 8.79. The Bertz CT molecular complexity index is 747. The van der Waals surface area contributed by atoms with Crippen molar-refractivity contribution in [3.05, 3.63) is 56.0 Å². The van der Waals surface area contributed by atoms with Gasteiger partial charge in [0.25, 0.3) is 0 Å². The van der Waals surface area contributed by atoms with Gasteiger partial charge in [-0.15, -0.1) is 12.4 Å². The van der Waals surface area contributed by atoms with Gasteiger partial charge in [-0.2, -0.15) is 0 Å². The monoisotopic (exact) mass is 511 g/mol. The fourth-order valence-electron chi connectivity index (χ4n) is 2.57.